The molecule has 0 fully saturated rings. The third kappa shape index (κ3) is 3.22. The number of carbonyl (C=O) groups is 1. The lowest BCUT2D eigenvalue weighted by atomic mass is 10.2. The molecule has 3 rings (SSSR count). The molecule has 0 radical (unpaired) electrons. The van der Waals surface area contributed by atoms with Gasteiger partial charge in [-0.15, -0.1) is 0 Å². The first-order chi connectivity index (χ1) is 11.1. The Labute approximate surface area is 139 Å². The van der Waals surface area contributed by atoms with Gasteiger partial charge in [0.1, 0.15) is 5.69 Å². The minimum atomic E-state index is -0.151. The van der Waals surface area contributed by atoms with Crippen LogP contribution >= 0.6 is 11.6 Å². The van der Waals surface area contributed by atoms with Crippen molar-refractivity contribution in [2.45, 2.75) is 19.9 Å². The molecule has 0 atom stereocenters. The van der Waals surface area contributed by atoms with E-state index in [4.69, 9.17) is 11.6 Å². The lowest BCUT2D eigenvalue weighted by molar-refractivity contribution is 0.0947. The van der Waals surface area contributed by atoms with E-state index in [0.29, 0.717) is 23.8 Å². The van der Waals surface area contributed by atoms with Crippen LogP contribution in [0.4, 0.5) is 0 Å². The molecular weight excluding hydrogens is 314 g/mol. The molecule has 1 amide bonds. The number of benzene rings is 1. The molecule has 0 saturated heterocycles. The van der Waals surface area contributed by atoms with Crippen LogP contribution in [-0.4, -0.2) is 32.0 Å². The van der Waals surface area contributed by atoms with E-state index in [1.165, 1.54) is 0 Å². The number of nitrogens with one attached hydrogen (secondary N) is 1. The fraction of sp³-hybridized carbons (Fsp3) is 0.312. The first-order valence-corrected chi connectivity index (χ1v) is 7.83. The summed E-state index contributed by atoms with van der Waals surface area (Å²) in [7, 11) is 1.82. The van der Waals surface area contributed by atoms with E-state index in [9.17, 15) is 4.79 Å². The molecule has 3 aromatic rings. The summed E-state index contributed by atoms with van der Waals surface area (Å²) in [5, 5.41) is 13.0. The van der Waals surface area contributed by atoms with Crippen molar-refractivity contribution in [1.29, 1.82) is 0 Å². The minimum Gasteiger partial charge on any atom is -0.351 e. The van der Waals surface area contributed by atoms with Gasteiger partial charge >= 0.3 is 0 Å². The van der Waals surface area contributed by atoms with Crippen molar-refractivity contribution in [3.8, 4) is 0 Å². The Morgan fingerprint density at radius 2 is 2.22 bits per heavy atom. The topological polar surface area (TPSA) is 64.7 Å². The smallest absolute Gasteiger partial charge is 0.271 e. The number of hydrogen-bond acceptors (Lipinski definition) is 3. The summed E-state index contributed by atoms with van der Waals surface area (Å²) in [4.78, 5) is 12.0. The van der Waals surface area contributed by atoms with Gasteiger partial charge in [-0.05, 0) is 31.5 Å². The lowest BCUT2D eigenvalue weighted by Gasteiger charge is -2.05. The van der Waals surface area contributed by atoms with E-state index in [1.807, 2.05) is 36.9 Å². The zero-order valence-corrected chi connectivity index (χ0v) is 13.8. The number of amides is 1. The van der Waals surface area contributed by atoms with Gasteiger partial charge in [0, 0.05) is 31.2 Å². The number of nitrogens with zero attached hydrogens (tertiary/aromatic N) is 4. The van der Waals surface area contributed by atoms with Crippen LogP contribution in [0.1, 0.15) is 22.6 Å². The molecule has 120 valence electrons. The minimum absolute atomic E-state index is 0.151. The van der Waals surface area contributed by atoms with Crippen molar-refractivity contribution < 1.29 is 4.79 Å². The first kappa shape index (κ1) is 15.6. The standard InChI is InChI=1S/C16H18ClN5O/c1-11-9-14(20-21(11)2)16(23)18-7-4-8-22-15-6-3-5-13(17)12(15)10-19-22/h3,5-6,9-10H,4,7-8H2,1-2H3,(H,18,23). The number of halogens is 1. The molecule has 1 N–H and O–H groups in total. The van der Waals surface area contributed by atoms with Crippen molar-refractivity contribution in [3.05, 3.63) is 46.9 Å². The third-order valence-corrected chi connectivity index (χ3v) is 4.14. The number of rotatable bonds is 5. The van der Waals surface area contributed by atoms with Crippen molar-refractivity contribution >= 4 is 28.4 Å². The number of carbonyl (C=O) groups excluding carboxylic acids is 1. The summed E-state index contributed by atoms with van der Waals surface area (Å²) in [5.41, 5.74) is 2.40. The van der Waals surface area contributed by atoms with E-state index in [2.05, 4.69) is 15.5 Å². The number of fused-ring (bicyclic) bond motifs is 1. The zero-order chi connectivity index (χ0) is 16.4. The highest BCUT2D eigenvalue weighted by Gasteiger charge is 2.10. The van der Waals surface area contributed by atoms with E-state index in [-0.39, 0.29) is 5.91 Å². The first-order valence-electron chi connectivity index (χ1n) is 7.45. The van der Waals surface area contributed by atoms with Gasteiger partial charge in [0.2, 0.25) is 0 Å². The summed E-state index contributed by atoms with van der Waals surface area (Å²) < 4.78 is 3.59. The van der Waals surface area contributed by atoms with Gasteiger partial charge in [-0.3, -0.25) is 14.2 Å². The van der Waals surface area contributed by atoms with Crippen LogP contribution in [0.15, 0.2) is 30.5 Å². The van der Waals surface area contributed by atoms with Crippen LogP contribution in [0.5, 0.6) is 0 Å². The molecule has 2 heterocycles. The second-order valence-corrected chi connectivity index (χ2v) is 5.85. The maximum Gasteiger partial charge on any atom is 0.271 e. The average molecular weight is 332 g/mol. The summed E-state index contributed by atoms with van der Waals surface area (Å²) >= 11 is 6.14. The summed E-state index contributed by atoms with van der Waals surface area (Å²) in [6.45, 7) is 3.19. The van der Waals surface area contributed by atoms with Crippen LogP contribution < -0.4 is 5.32 Å². The molecular formula is C16H18ClN5O. The molecule has 0 aliphatic rings. The van der Waals surface area contributed by atoms with Gasteiger partial charge in [0.25, 0.3) is 5.91 Å². The summed E-state index contributed by atoms with van der Waals surface area (Å²) in [6, 6.07) is 7.53. The Bertz CT molecular complexity index is 832. The highest BCUT2D eigenvalue weighted by atomic mass is 35.5. The van der Waals surface area contributed by atoms with Gasteiger partial charge in [0.15, 0.2) is 0 Å². The van der Waals surface area contributed by atoms with Gasteiger partial charge < -0.3 is 5.32 Å². The van der Waals surface area contributed by atoms with E-state index in [0.717, 1.165) is 23.0 Å². The fourth-order valence-corrected chi connectivity index (χ4v) is 2.66. The van der Waals surface area contributed by atoms with Crippen molar-refractivity contribution in [1.82, 2.24) is 24.9 Å². The Hall–Kier alpha value is -2.34. The molecule has 6 nitrogen and oxygen atoms in total. The Morgan fingerprint density at radius 3 is 2.96 bits per heavy atom. The molecule has 23 heavy (non-hydrogen) atoms. The molecule has 0 spiro atoms. The van der Waals surface area contributed by atoms with Crippen LogP contribution in [-0.2, 0) is 13.6 Å². The largest absolute Gasteiger partial charge is 0.351 e. The highest BCUT2D eigenvalue weighted by Crippen LogP contribution is 2.22. The fourth-order valence-electron chi connectivity index (χ4n) is 2.44. The molecule has 7 heteroatoms. The lowest BCUT2D eigenvalue weighted by Crippen LogP contribution is -2.25. The maximum absolute atomic E-state index is 12.0. The number of aryl methyl sites for hydroxylation is 3. The second-order valence-electron chi connectivity index (χ2n) is 5.44. The van der Waals surface area contributed by atoms with Gasteiger partial charge in [-0.1, -0.05) is 17.7 Å². The van der Waals surface area contributed by atoms with E-state index < -0.39 is 0 Å². The third-order valence-electron chi connectivity index (χ3n) is 3.81. The second kappa shape index (κ2) is 6.42. The van der Waals surface area contributed by atoms with Gasteiger partial charge in [-0.25, -0.2) is 0 Å². The van der Waals surface area contributed by atoms with E-state index in [1.54, 1.807) is 16.9 Å². The predicted molar refractivity (Wildman–Crippen MR) is 89.6 cm³/mol. The van der Waals surface area contributed by atoms with Gasteiger partial charge in [-0.2, -0.15) is 10.2 Å². The zero-order valence-electron chi connectivity index (χ0n) is 13.1. The highest BCUT2D eigenvalue weighted by molar-refractivity contribution is 6.35. The quantitative estimate of drug-likeness (QED) is 0.731. The molecule has 0 bridgehead atoms. The molecule has 0 aliphatic carbocycles. The molecule has 2 aromatic heterocycles. The molecule has 1 aromatic carbocycles. The maximum atomic E-state index is 12.0. The summed E-state index contributed by atoms with van der Waals surface area (Å²) in [5.74, 6) is -0.151. The molecule has 0 saturated carbocycles. The molecule has 0 aliphatic heterocycles. The number of hydrogen-bond donors (Lipinski definition) is 1. The molecule has 0 unspecified atom stereocenters. The number of aromatic nitrogens is 4. The van der Waals surface area contributed by atoms with Crippen molar-refractivity contribution in [3.63, 3.8) is 0 Å². The van der Waals surface area contributed by atoms with E-state index >= 15 is 0 Å². The van der Waals surface area contributed by atoms with Crippen LogP contribution in [0.3, 0.4) is 0 Å². The van der Waals surface area contributed by atoms with Crippen LogP contribution in [0.2, 0.25) is 5.02 Å². The Morgan fingerprint density at radius 1 is 1.39 bits per heavy atom. The monoisotopic (exact) mass is 331 g/mol. The van der Waals surface area contributed by atoms with Crippen LogP contribution in [0.25, 0.3) is 10.9 Å². The van der Waals surface area contributed by atoms with Crippen molar-refractivity contribution in [2.24, 2.45) is 7.05 Å². The summed E-state index contributed by atoms with van der Waals surface area (Å²) in [6.07, 6.45) is 2.55. The predicted octanol–water partition coefficient (Wildman–Crippen LogP) is 2.55. The Balaban J connectivity index is 1.55. The van der Waals surface area contributed by atoms with Crippen molar-refractivity contribution in [2.75, 3.05) is 6.54 Å². The van der Waals surface area contributed by atoms with Gasteiger partial charge in [0.05, 0.1) is 16.7 Å². The van der Waals surface area contributed by atoms with Crippen LogP contribution in [0, 0.1) is 6.92 Å². The SMILES string of the molecule is Cc1cc(C(=O)NCCCn2ncc3c(Cl)cccc32)nn1C. The average Bonchev–Trinajstić information content (AvgIpc) is 3.09. The Kier molecular flexibility index (Phi) is 4.34. The normalized spacial score (nSPS) is 11.1.